The molecule has 9 rings (SSSR count). The van der Waals surface area contributed by atoms with Gasteiger partial charge in [0.15, 0.2) is 0 Å². The lowest BCUT2D eigenvalue weighted by molar-refractivity contribution is -0.148. The molecule has 3 saturated heterocycles. The first-order valence-corrected chi connectivity index (χ1v) is 25.5. The van der Waals surface area contributed by atoms with E-state index in [9.17, 15) is 28.1 Å². The van der Waals surface area contributed by atoms with Gasteiger partial charge in [0, 0.05) is 40.8 Å². The number of halogens is 2. The molecule has 6 aliphatic rings. The van der Waals surface area contributed by atoms with Gasteiger partial charge in [-0.3, -0.25) is 23.7 Å². The molecule has 3 aromatic rings. The minimum absolute atomic E-state index is 0.00348. The third-order valence-corrected chi connectivity index (χ3v) is 17.9. The Morgan fingerprint density at radius 2 is 1.76 bits per heavy atom. The Kier molecular flexibility index (Phi) is 12.6. The van der Waals surface area contributed by atoms with Crippen LogP contribution < -0.4 is 10.4 Å². The number of thiophene rings is 1. The van der Waals surface area contributed by atoms with Crippen molar-refractivity contribution in [3.05, 3.63) is 70.6 Å². The van der Waals surface area contributed by atoms with Crippen LogP contribution in [0.25, 0.3) is 10.1 Å². The van der Waals surface area contributed by atoms with E-state index < -0.39 is 49.6 Å². The summed E-state index contributed by atoms with van der Waals surface area (Å²) in [5.41, 5.74) is 1.13. The molecule has 3 aliphatic heterocycles. The van der Waals surface area contributed by atoms with Crippen molar-refractivity contribution in [3.63, 3.8) is 0 Å². The molecule has 3 amide bonds. The molecule has 3 saturated carbocycles. The van der Waals surface area contributed by atoms with E-state index in [1.54, 1.807) is 23.1 Å². The van der Waals surface area contributed by atoms with E-state index in [-0.39, 0.29) is 59.7 Å². The van der Waals surface area contributed by atoms with Crippen LogP contribution in [0.1, 0.15) is 130 Å². The normalized spacial score (nSPS) is 29.7. The summed E-state index contributed by atoms with van der Waals surface area (Å²) >= 11 is 1.20. The van der Waals surface area contributed by atoms with Crippen molar-refractivity contribution in [2.45, 2.75) is 163 Å². The molecule has 1 aromatic heterocycles. The number of amides is 3. The minimum atomic E-state index is -4.25. The van der Waals surface area contributed by atoms with Gasteiger partial charge in [-0.25, -0.2) is 13.9 Å². The minimum Gasteiger partial charge on any atom is -0.465 e. The second-order valence-electron chi connectivity index (χ2n) is 19.0. The van der Waals surface area contributed by atoms with Gasteiger partial charge in [-0.1, -0.05) is 43.3 Å². The van der Waals surface area contributed by atoms with Crippen LogP contribution in [0.2, 0.25) is 0 Å². The zero-order valence-corrected chi connectivity index (χ0v) is 38.1. The summed E-state index contributed by atoms with van der Waals surface area (Å²) in [7, 11) is -2.22. The largest absolute Gasteiger partial charge is 0.465 e. The molecule has 12 nitrogen and oxygen atoms in total. The van der Waals surface area contributed by atoms with E-state index in [0.29, 0.717) is 85.7 Å². The van der Waals surface area contributed by atoms with Crippen LogP contribution in [0.15, 0.2) is 54.6 Å². The first-order chi connectivity index (χ1) is 30.3. The van der Waals surface area contributed by atoms with E-state index in [0.717, 1.165) is 19.3 Å². The molecule has 63 heavy (non-hydrogen) atoms. The van der Waals surface area contributed by atoms with Crippen molar-refractivity contribution < 1.29 is 41.8 Å². The number of carbonyl (C=O) groups is 4. The maximum absolute atomic E-state index is 16.4. The van der Waals surface area contributed by atoms with Crippen LogP contribution in [-0.2, 0) is 28.2 Å². The number of carbonyl (C=O) groups excluding carboxylic acids is 4. The number of hydrogen-bond donors (Lipinski definition) is 2. The predicted octanol–water partition coefficient (Wildman–Crippen LogP) is 8.16. The number of ether oxygens (including phenoxy) is 1. The average Bonchev–Trinajstić information content (AvgIpc) is 4.10. The van der Waals surface area contributed by atoms with Gasteiger partial charge < -0.3 is 29.3 Å². The summed E-state index contributed by atoms with van der Waals surface area (Å²) in [5, 5.41) is 6.24. The highest BCUT2D eigenvalue weighted by Gasteiger charge is 2.59. The van der Waals surface area contributed by atoms with Gasteiger partial charge in [0.05, 0.1) is 17.6 Å². The van der Waals surface area contributed by atoms with Crippen molar-refractivity contribution in [1.29, 1.82) is 0 Å². The number of nitrogens with one attached hydrogen (secondary N) is 2. The van der Waals surface area contributed by atoms with E-state index in [2.05, 4.69) is 32.3 Å². The van der Waals surface area contributed by atoms with Crippen LogP contribution in [0.4, 0.5) is 8.78 Å². The molecule has 0 bridgehead atoms. The van der Waals surface area contributed by atoms with Gasteiger partial charge in [0.1, 0.15) is 24.3 Å². The second kappa shape index (κ2) is 17.9. The van der Waals surface area contributed by atoms with Gasteiger partial charge in [-0.05, 0) is 132 Å². The molecule has 3 aliphatic carbocycles. The zero-order valence-electron chi connectivity index (χ0n) is 36.4. The molecular weight excluding hydrogens is 848 g/mol. The van der Waals surface area contributed by atoms with Crippen LogP contribution >= 0.6 is 18.9 Å². The summed E-state index contributed by atoms with van der Waals surface area (Å²) in [4.78, 5) is 62.8. The van der Waals surface area contributed by atoms with Gasteiger partial charge in [0.25, 0.3) is 5.91 Å². The van der Waals surface area contributed by atoms with Crippen LogP contribution in [0.3, 0.4) is 0 Å². The quantitative estimate of drug-likeness (QED) is 0.114. The Hall–Kier alpha value is -3.75. The summed E-state index contributed by atoms with van der Waals surface area (Å²) < 4.78 is 56.2. The predicted molar refractivity (Wildman–Crippen MR) is 237 cm³/mol. The molecule has 2 N–H and O–H groups in total. The number of hydrogen-bond acceptors (Lipinski definition) is 9. The van der Waals surface area contributed by atoms with Crippen molar-refractivity contribution in [3.8, 4) is 0 Å². The smallest absolute Gasteiger partial charge is 0.323 e. The maximum Gasteiger partial charge on any atom is 0.323 e. The van der Waals surface area contributed by atoms with Crippen molar-refractivity contribution >= 4 is 52.6 Å². The SMILES string of the molecule is CCCOC(=O)[C@H](C)NP(=O)(OC1CC1)[C@@H](F)c1ccc2sc(C(=O)N[C@H]3CC[C@H](N(C)C4CC(F)C4)C[C@H]4CC[C@@H](C(=O)N5C[C@H](c6ccccc6)CC56CC6)N4C3=O)cc2c1. The van der Waals surface area contributed by atoms with Crippen LogP contribution in [-0.4, -0.2) is 113 Å². The molecule has 2 aromatic carbocycles. The number of nitrogens with zero attached hydrogens (tertiary/aromatic N) is 3. The first-order valence-electron chi connectivity index (χ1n) is 23.0. The van der Waals surface area contributed by atoms with Gasteiger partial charge in [-0.15, -0.1) is 11.3 Å². The Balaban J connectivity index is 0.941. The summed E-state index contributed by atoms with van der Waals surface area (Å²) in [6.07, 6.45) is 7.36. The number of likely N-dealkylation sites (tertiary alicyclic amines) is 1. The number of benzene rings is 2. The summed E-state index contributed by atoms with van der Waals surface area (Å²) in [6, 6.07) is 14.0. The Morgan fingerprint density at radius 3 is 2.46 bits per heavy atom. The lowest BCUT2D eigenvalue weighted by Crippen LogP contribution is -2.59. The fourth-order valence-corrected chi connectivity index (χ4v) is 13.6. The van der Waals surface area contributed by atoms with E-state index in [4.69, 9.17) is 9.26 Å². The lowest BCUT2D eigenvalue weighted by Gasteiger charge is -2.45. The number of rotatable bonds is 15. The summed E-state index contributed by atoms with van der Waals surface area (Å²) in [5.74, 6) is -3.22. The lowest BCUT2D eigenvalue weighted by atomic mass is 9.86. The molecule has 1 spiro atoms. The van der Waals surface area contributed by atoms with Crippen molar-refractivity contribution in [2.75, 3.05) is 20.2 Å². The van der Waals surface area contributed by atoms with Gasteiger partial charge in [-0.2, -0.15) is 0 Å². The van der Waals surface area contributed by atoms with Crippen molar-refractivity contribution in [2.24, 2.45) is 0 Å². The number of alkyl halides is 2. The third-order valence-electron chi connectivity index (χ3n) is 14.5. The van der Waals surface area contributed by atoms with Crippen LogP contribution in [0, 0.1) is 0 Å². The van der Waals surface area contributed by atoms with E-state index >= 15 is 4.39 Å². The molecule has 16 heteroatoms. The molecule has 1 unspecified atom stereocenters. The zero-order chi connectivity index (χ0) is 44.2. The Morgan fingerprint density at radius 1 is 1.00 bits per heavy atom. The molecule has 4 heterocycles. The maximum atomic E-state index is 16.4. The molecular formula is C47H60F2N5O7PS. The van der Waals surface area contributed by atoms with Gasteiger partial charge in [0.2, 0.25) is 17.7 Å². The summed E-state index contributed by atoms with van der Waals surface area (Å²) in [6.45, 7) is 4.13. The average molecular weight is 908 g/mol. The van der Waals surface area contributed by atoms with Crippen molar-refractivity contribution in [1.82, 2.24) is 25.1 Å². The molecule has 0 radical (unpaired) electrons. The fraction of sp³-hybridized carbons (Fsp3) is 0.617. The Labute approximate surface area is 372 Å². The number of fused-ring (bicyclic) bond motifs is 2. The number of esters is 1. The fourth-order valence-electron chi connectivity index (χ4n) is 10.5. The Bertz CT molecular complexity index is 2250. The highest BCUT2D eigenvalue weighted by molar-refractivity contribution is 7.57. The highest BCUT2D eigenvalue weighted by Crippen LogP contribution is 2.61. The highest BCUT2D eigenvalue weighted by atomic mass is 32.1. The standard InChI is InChI=1S/C47H60F2N5O7PS/c1-4-20-60-46(58)28(2)51-62(59,61-37-13-14-37)42(49)30-10-17-40-31(21-30)22-41(63-40)43(55)50-38-15-11-34(52(3)36-23-33(48)24-36)25-35-12-16-39(54(35)44(38)56)45(57)53-27-32(26-47(53)18-19-47)29-8-6-5-7-9-29/h5-10,17,21-22,28,32-39,42H,4,11-16,18-20,23-27H2,1-3H3,(H,50,55)(H,51,59)/t28-,32+,33?,34-,35+,36?,38-,39-,42+,62?/m0/s1. The monoisotopic (exact) mass is 907 g/mol. The van der Waals surface area contributed by atoms with Gasteiger partial charge >= 0.3 is 13.5 Å². The molecule has 340 valence electrons. The molecule has 8 atom stereocenters. The topological polar surface area (TPSA) is 138 Å². The second-order valence-corrected chi connectivity index (χ2v) is 22.2. The third kappa shape index (κ3) is 9.11. The van der Waals surface area contributed by atoms with E-state index in [1.165, 1.54) is 29.9 Å². The first kappa shape index (κ1) is 44.5. The molecule has 6 fully saturated rings. The van der Waals surface area contributed by atoms with E-state index in [1.807, 2.05) is 32.2 Å². The van der Waals surface area contributed by atoms with Crippen LogP contribution in [0.5, 0.6) is 0 Å².